The molecule has 1 rings (SSSR count). The molecule has 14 heavy (non-hydrogen) atoms. The van der Waals surface area contributed by atoms with Gasteiger partial charge >= 0.3 is 0 Å². The lowest BCUT2D eigenvalue weighted by Gasteiger charge is -1.92. The molecule has 0 heterocycles. The Balaban J connectivity index is 3.01. The first-order valence-corrected chi connectivity index (χ1v) is 3.87. The number of nitriles is 2. The maximum absolute atomic E-state index is 10.3. The summed E-state index contributed by atoms with van der Waals surface area (Å²) in [6.45, 7) is 0. The first kappa shape index (κ1) is 9.70. The summed E-state index contributed by atoms with van der Waals surface area (Å²) < 4.78 is 0. The summed E-state index contributed by atoms with van der Waals surface area (Å²) >= 11 is 0. The van der Waals surface area contributed by atoms with Crippen molar-refractivity contribution >= 4 is 12.4 Å². The normalized spacial score (nSPS) is 10.0. The van der Waals surface area contributed by atoms with Crippen molar-refractivity contribution in [1.82, 2.24) is 0 Å². The molecule has 1 aromatic carbocycles. The molecule has 0 radical (unpaired) electrons. The Hall–Kier alpha value is -2.39. The van der Waals surface area contributed by atoms with E-state index in [0.717, 1.165) is 5.56 Å². The fourth-order valence-electron chi connectivity index (χ4n) is 0.926. The Morgan fingerprint density at radius 2 is 1.86 bits per heavy atom. The second-order valence-electron chi connectivity index (χ2n) is 2.56. The number of hydrogen-bond donors (Lipinski definition) is 0. The predicted molar refractivity (Wildman–Crippen MR) is 50.8 cm³/mol. The molecule has 0 N–H and O–H groups in total. The maximum Gasteiger partial charge on any atom is 0.160 e. The molecule has 0 aliphatic carbocycles. The van der Waals surface area contributed by atoms with Crippen LogP contribution in [0.25, 0.3) is 6.08 Å². The van der Waals surface area contributed by atoms with Gasteiger partial charge in [-0.2, -0.15) is 10.5 Å². The van der Waals surface area contributed by atoms with Crippen molar-refractivity contribution in [3.8, 4) is 12.1 Å². The number of aldehydes is 1. The molecule has 0 bridgehead atoms. The van der Waals surface area contributed by atoms with Crippen molar-refractivity contribution in [3.63, 3.8) is 0 Å². The molecule has 0 aliphatic heterocycles. The average molecular weight is 182 g/mol. The van der Waals surface area contributed by atoms with Gasteiger partial charge in [-0.15, -0.1) is 0 Å². The van der Waals surface area contributed by atoms with E-state index in [4.69, 9.17) is 10.5 Å². The number of nitrogens with zero attached hydrogens (tertiary/aromatic N) is 2. The standard InChI is InChI=1S/C11H6N2O/c12-6-10-3-1-9(2-4-10)5-11(7-13)8-14/h1-5,8H/b11-5-. The van der Waals surface area contributed by atoms with Crippen LogP contribution in [0.3, 0.4) is 0 Å². The van der Waals surface area contributed by atoms with E-state index in [1.165, 1.54) is 6.08 Å². The highest BCUT2D eigenvalue weighted by molar-refractivity contribution is 5.86. The summed E-state index contributed by atoms with van der Waals surface area (Å²) in [7, 11) is 0. The lowest BCUT2D eigenvalue weighted by atomic mass is 10.1. The van der Waals surface area contributed by atoms with Crippen LogP contribution in [0.5, 0.6) is 0 Å². The van der Waals surface area contributed by atoms with Gasteiger partial charge in [-0.3, -0.25) is 4.79 Å². The molecule has 0 saturated heterocycles. The fraction of sp³-hybridized carbons (Fsp3) is 0. The monoisotopic (exact) mass is 182 g/mol. The summed E-state index contributed by atoms with van der Waals surface area (Å²) in [6.07, 6.45) is 1.96. The summed E-state index contributed by atoms with van der Waals surface area (Å²) in [6, 6.07) is 10.4. The Morgan fingerprint density at radius 1 is 1.21 bits per heavy atom. The van der Waals surface area contributed by atoms with E-state index in [9.17, 15) is 4.79 Å². The lowest BCUT2D eigenvalue weighted by molar-refractivity contribution is -0.104. The molecule has 3 nitrogen and oxygen atoms in total. The van der Waals surface area contributed by atoms with Crippen LogP contribution >= 0.6 is 0 Å². The topological polar surface area (TPSA) is 64.7 Å². The van der Waals surface area contributed by atoms with Crippen LogP contribution in [0.1, 0.15) is 11.1 Å². The number of hydrogen-bond acceptors (Lipinski definition) is 3. The summed E-state index contributed by atoms with van der Waals surface area (Å²) in [5.41, 5.74) is 1.34. The number of allylic oxidation sites excluding steroid dienone is 1. The molecule has 0 amide bonds. The van der Waals surface area contributed by atoms with E-state index in [0.29, 0.717) is 11.8 Å². The molecule has 66 valence electrons. The minimum atomic E-state index is 0.0645. The number of benzene rings is 1. The van der Waals surface area contributed by atoms with Gasteiger partial charge in [0.05, 0.1) is 17.2 Å². The van der Waals surface area contributed by atoms with E-state index in [1.807, 2.05) is 6.07 Å². The van der Waals surface area contributed by atoms with Crippen LogP contribution in [-0.2, 0) is 4.79 Å². The van der Waals surface area contributed by atoms with Gasteiger partial charge in [0.15, 0.2) is 6.29 Å². The van der Waals surface area contributed by atoms with Gasteiger partial charge in [0.1, 0.15) is 6.07 Å². The first-order chi connectivity index (χ1) is 6.80. The van der Waals surface area contributed by atoms with Gasteiger partial charge in [0.25, 0.3) is 0 Å². The molecule has 1 aromatic rings. The number of carbonyl (C=O) groups is 1. The van der Waals surface area contributed by atoms with Crippen LogP contribution in [-0.4, -0.2) is 6.29 Å². The van der Waals surface area contributed by atoms with Crippen molar-refractivity contribution in [2.75, 3.05) is 0 Å². The lowest BCUT2D eigenvalue weighted by Crippen LogP contribution is -1.80. The van der Waals surface area contributed by atoms with Gasteiger partial charge < -0.3 is 0 Å². The van der Waals surface area contributed by atoms with E-state index >= 15 is 0 Å². The van der Waals surface area contributed by atoms with Crippen LogP contribution < -0.4 is 0 Å². The summed E-state index contributed by atoms with van der Waals surface area (Å²) in [5.74, 6) is 0. The predicted octanol–water partition coefficient (Wildman–Crippen LogP) is 1.66. The zero-order valence-corrected chi connectivity index (χ0v) is 7.27. The van der Waals surface area contributed by atoms with E-state index < -0.39 is 0 Å². The third-order valence-corrected chi connectivity index (χ3v) is 1.62. The molecule has 0 spiro atoms. The fourth-order valence-corrected chi connectivity index (χ4v) is 0.926. The molecule has 0 aromatic heterocycles. The molecule has 3 heteroatoms. The van der Waals surface area contributed by atoms with Crippen molar-refractivity contribution in [3.05, 3.63) is 41.0 Å². The highest BCUT2D eigenvalue weighted by Gasteiger charge is 1.94. The summed E-state index contributed by atoms with van der Waals surface area (Å²) in [4.78, 5) is 10.3. The van der Waals surface area contributed by atoms with Crippen LogP contribution in [0.15, 0.2) is 29.8 Å². The zero-order valence-electron chi connectivity index (χ0n) is 7.27. The number of rotatable bonds is 2. The smallest absolute Gasteiger partial charge is 0.160 e. The minimum Gasteiger partial charge on any atom is -0.297 e. The quantitative estimate of drug-likeness (QED) is 0.397. The molecular formula is C11H6N2O. The Labute approximate surface area is 81.5 Å². The summed E-state index contributed by atoms with van der Waals surface area (Å²) in [5, 5.41) is 17.0. The highest BCUT2D eigenvalue weighted by atomic mass is 16.1. The van der Waals surface area contributed by atoms with Crippen molar-refractivity contribution < 1.29 is 4.79 Å². The second kappa shape index (κ2) is 4.59. The molecular weight excluding hydrogens is 176 g/mol. The molecule has 0 atom stereocenters. The maximum atomic E-state index is 10.3. The van der Waals surface area contributed by atoms with E-state index in [2.05, 4.69) is 0 Å². The Kier molecular flexibility index (Phi) is 3.18. The third kappa shape index (κ3) is 2.30. The zero-order chi connectivity index (χ0) is 10.4. The number of carbonyl (C=O) groups excluding carboxylic acids is 1. The van der Waals surface area contributed by atoms with Crippen molar-refractivity contribution in [2.24, 2.45) is 0 Å². The Morgan fingerprint density at radius 3 is 2.29 bits per heavy atom. The molecule has 0 saturated carbocycles. The van der Waals surface area contributed by atoms with Gasteiger partial charge in [0, 0.05) is 0 Å². The SMILES string of the molecule is N#C/C(C=O)=C/c1ccc(C#N)cc1. The molecule has 0 aliphatic rings. The van der Waals surface area contributed by atoms with Crippen LogP contribution in [0.4, 0.5) is 0 Å². The van der Waals surface area contributed by atoms with Gasteiger partial charge in [-0.05, 0) is 23.8 Å². The third-order valence-electron chi connectivity index (χ3n) is 1.62. The van der Waals surface area contributed by atoms with Gasteiger partial charge in [0.2, 0.25) is 0 Å². The van der Waals surface area contributed by atoms with Crippen molar-refractivity contribution in [1.29, 1.82) is 10.5 Å². The highest BCUT2D eigenvalue weighted by Crippen LogP contribution is 2.07. The largest absolute Gasteiger partial charge is 0.297 e. The first-order valence-electron chi connectivity index (χ1n) is 3.87. The van der Waals surface area contributed by atoms with E-state index in [-0.39, 0.29) is 5.57 Å². The van der Waals surface area contributed by atoms with Crippen molar-refractivity contribution in [2.45, 2.75) is 0 Å². The molecule has 0 unspecified atom stereocenters. The van der Waals surface area contributed by atoms with Crippen LogP contribution in [0, 0.1) is 22.7 Å². The second-order valence-corrected chi connectivity index (χ2v) is 2.56. The average Bonchev–Trinajstić information content (AvgIpc) is 2.26. The van der Waals surface area contributed by atoms with Gasteiger partial charge in [-0.25, -0.2) is 0 Å². The van der Waals surface area contributed by atoms with Gasteiger partial charge in [-0.1, -0.05) is 12.1 Å². The van der Waals surface area contributed by atoms with Crippen LogP contribution in [0.2, 0.25) is 0 Å². The molecule has 0 fully saturated rings. The van der Waals surface area contributed by atoms with E-state index in [1.54, 1.807) is 30.3 Å². The Bertz CT molecular complexity index is 444. The minimum absolute atomic E-state index is 0.0645.